The maximum absolute atomic E-state index is 12.2. The summed E-state index contributed by atoms with van der Waals surface area (Å²) in [5, 5.41) is 9.57. The number of carbonyl (C=O) groups excluding carboxylic acids is 2. The average molecular weight is 701 g/mol. The monoisotopic (exact) mass is 701 g/mol. The number of aliphatic hydroxyl groups excluding tert-OH is 1. The normalized spacial score (nSPS) is 12.6. The number of aliphatic hydroxyl groups is 1. The molecule has 0 aromatic carbocycles. The summed E-state index contributed by atoms with van der Waals surface area (Å²) in [5.41, 5.74) is 0. The van der Waals surface area contributed by atoms with E-state index in [0.717, 1.165) is 77.0 Å². The summed E-state index contributed by atoms with van der Waals surface area (Å²) in [6, 6.07) is 0. The van der Waals surface area contributed by atoms with E-state index in [4.69, 9.17) is 9.47 Å². The molecule has 1 N–H and O–H groups in total. The van der Waals surface area contributed by atoms with E-state index in [0.29, 0.717) is 12.8 Å². The average Bonchev–Trinajstić information content (AvgIpc) is 3.12. The predicted molar refractivity (Wildman–Crippen MR) is 214 cm³/mol. The van der Waals surface area contributed by atoms with Crippen molar-refractivity contribution in [1.82, 2.24) is 0 Å². The molecule has 1 atom stereocenters. The first-order valence-corrected chi connectivity index (χ1v) is 21.2. The second-order valence-corrected chi connectivity index (χ2v) is 14.0. The Hall–Kier alpha value is -2.14. The second kappa shape index (κ2) is 41.3. The molecule has 5 nitrogen and oxygen atoms in total. The van der Waals surface area contributed by atoms with Gasteiger partial charge in [-0.25, -0.2) is 0 Å². The first kappa shape index (κ1) is 47.9. The van der Waals surface area contributed by atoms with Crippen LogP contribution in [-0.2, 0) is 19.1 Å². The molecule has 0 amide bonds. The van der Waals surface area contributed by atoms with Crippen molar-refractivity contribution in [2.45, 2.75) is 213 Å². The number of allylic oxidation sites excluding steroid dienone is 8. The molecule has 50 heavy (non-hydrogen) atoms. The zero-order valence-corrected chi connectivity index (χ0v) is 32.9. The zero-order chi connectivity index (χ0) is 36.4. The van der Waals surface area contributed by atoms with E-state index in [9.17, 15) is 14.7 Å². The van der Waals surface area contributed by atoms with Crippen molar-refractivity contribution in [3.8, 4) is 0 Å². The highest BCUT2D eigenvalue weighted by Crippen LogP contribution is 2.15. The molecule has 0 aliphatic carbocycles. The fourth-order valence-corrected chi connectivity index (χ4v) is 5.96. The van der Waals surface area contributed by atoms with Crippen LogP contribution >= 0.6 is 0 Å². The smallest absolute Gasteiger partial charge is 0.306 e. The molecule has 5 heteroatoms. The molecule has 0 saturated carbocycles. The fourth-order valence-electron chi connectivity index (χ4n) is 5.96. The number of hydrogen-bond donors (Lipinski definition) is 1. The summed E-state index contributed by atoms with van der Waals surface area (Å²) in [4.78, 5) is 24.3. The molecule has 0 spiro atoms. The van der Waals surface area contributed by atoms with E-state index in [-0.39, 0.29) is 25.2 Å². The Morgan fingerprint density at radius 1 is 0.480 bits per heavy atom. The molecule has 0 aromatic heterocycles. The SMILES string of the molecule is CC/C=C\C/C=C\C/C=C\C/C=C\CCCCCCC(=O)OC(CO)COC(=O)CCCCCCCCCCCCCCCCCCCCC. The van der Waals surface area contributed by atoms with Crippen molar-refractivity contribution in [3.63, 3.8) is 0 Å². The highest BCUT2D eigenvalue weighted by Gasteiger charge is 2.16. The van der Waals surface area contributed by atoms with Gasteiger partial charge in [0.15, 0.2) is 6.10 Å². The number of esters is 2. The maximum atomic E-state index is 12.2. The van der Waals surface area contributed by atoms with Gasteiger partial charge in [-0.3, -0.25) is 9.59 Å². The van der Waals surface area contributed by atoms with E-state index < -0.39 is 6.10 Å². The molecule has 290 valence electrons. The van der Waals surface area contributed by atoms with Gasteiger partial charge in [0.05, 0.1) is 6.61 Å². The van der Waals surface area contributed by atoms with Gasteiger partial charge in [-0.05, 0) is 51.4 Å². The van der Waals surface area contributed by atoms with Crippen LogP contribution in [0.15, 0.2) is 48.6 Å². The Kier molecular flexibility index (Phi) is 39.5. The van der Waals surface area contributed by atoms with E-state index in [2.05, 4.69) is 62.5 Å². The Labute approximate surface area is 309 Å². The van der Waals surface area contributed by atoms with Crippen LogP contribution in [0.3, 0.4) is 0 Å². The van der Waals surface area contributed by atoms with Gasteiger partial charge in [0, 0.05) is 12.8 Å². The third-order valence-electron chi connectivity index (χ3n) is 9.14. The van der Waals surface area contributed by atoms with E-state index in [1.165, 1.54) is 103 Å². The fraction of sp³-hybridized carbons (Fsp3) is 0.778. The topological polar surface area (TPSA) is 72.8 Å². The highest BCUT2D eigenvalue weighted by atomic mass is 16.6. The van der Waals surface area contributed by atoms with Crippen LogP contribution in [0, 0.1) is 0 Å². The molecule has 0 bridgehead atoms. The van der Waals surface area contributed by atoms with Crippen LogP contribution in [0.2, 0.25) is 0 Å². The number of hydrogen-bond acceptors (Lipinski definition) is 5. The molecular weight excluding hydrogens is 620 g/mol. The van der Waals surface area contributed by atoms with Crippen molar-refractivity contribution < 1.29 is 24.2 Å². The minimum absolute atomic E-state index is 0.0743. The number of unbranched alkanes of at least 4 members (excludes halogenated alkanes) is 22. The number of rotatable bonds is 38. The van der Waals surface area contributed by atoms with Gasteiger partial charge in [0.2, 0.25) is 0 Å². The van der Waals surface area contributed by atoms with Crippen molar-refractivity contribution in [1.29, 1.82) is 0 Å². The summed E-state index contributed by atoms with van der Waals surface area (Å²) in [7, 11) is 0. The molecule has 0 rings (SSSR count). The molecule has 0 fully saturated rings. The third-order valence-corrected chi connectivity index (χ3v) is 9.14. The van der Waals surface area contributed by atoms with Crippen LogP contribution in [0.1, 0.15) is 206 Å². The molecule has 0 radical (unpaired) electrons. The summed E-state index contributed by atoms with van der Waals surface area (Å²) in [6.45, 7) is 4.02. The molecule has 0 heterocycles. The Morgan fingerprint density at radius 3 is 1.30 bits per heavy atom. The quantitative estimate of drug-likeness (QED) is 0.0394. The van der Waals surface area contributed by atoms with Crippen molar-refractivity contribution in [3.05, 3.63) is 48.6 Å². The van der Waals surface area contributed by atoms with Crippen LogP contribution in [0.5, 0.6) is 0 Å². The minimum atomic E-state index is -0.783. The van der Waals surface area contributed by atoms with Gasteiger partial charge in [-0.2, -0.15) is 0 Å². The standard InChI is InChI=1S/C45H80O5/c1-3-5-7-9-11-13-15-17-19-21-22-24-25-27-29-31-33-35-37-39-44(47)49-42-43(41-46)50-45(48)40-38-36-34-32-30-28-26-23-20-18-16-14-12-10-8-6-4-2/h6,8,12,14,18,20,26,28,43,46H,3-5,7,9-11,13,15-17,19,21-25,27,29-42H2,1-2H3/b8-6-,14-12-,20-18-,28-26-. The minimum Gasteiger partial charge on any atom is -0.462 e. The number of ether oxygens (including phenoxy) is 2. The van der Waals surface area contributed by atoms with Crippen LogP contribution in [-0.4, -0.2) is 36.4 Å². The van der Waals surface area contributed by atoms with Crippen molar-refractivity contribution >= 4 is 11.9 Å². The lowest BCUT2D eigenvalue weighted by Gasteiger charge is -2.15. The van der Waals surface area contributed by atoms with Crippen molar-refractivity contribution in [2.24, 2.45) is 0 Å². The predicted octanol–water partition coefficient (Wildman–Crippen LogP) is 13.4. The van der Waals surface area contributed by atoms with Crippen LogP contribution in [0.25, 0.3) is 0 Å². The van der Waals surface area contributed by atoms with E-state index >= 15 is 0 Å². The molecular formula is C45H80O5. The molecule has 1 unspecified atom stereocenters. The highest BCUT2D eigenvalue weighted by molar-refractivity contribution is 5.70. The van der Waals surface area contributed by atoms with E-state index in [1.54, 1.807) is 0 Å². The maximum Gasteiger partial charge on any atom is 0.306 e. The summed E-state index contributed by atoms with van der Waals surface area (Å²) < 4.78 is 10.6. The van der Waals surface area contributed by atoms with Crippen molar-refractivity contribution in [2.75, 3.05) is 13.2 Å². The van der Waals surface area contributed by atoms with Gasteiger partial charge in [0.1, 0.15) is 6.61 Å². The molecule has 0 aliphatic rings. The lowest BCUT2D eigenvalue weighted by atomic mass is 10.0. The lowest BCUT2D eigenvalue weighted by Crippen LogP contribution is -2.28. The summed E-state index contributed by atoms with van der Waals surface area (Å²) in [6.07, 6.45) is 51.8. The molecule has 0 saturated heterocycles. The van der Waals surface area contributed by atoms with Crippen LogP contribution in [0.4, 0.5) is 0 Å². The largest absolute Gasteiger partial charge is 0.462 e. The first-order chi connectivity index (χ1) is 24.6. The van der Waals surface area contributed by atoms with Gasteiger partial charge in [-0.1, -0.05) is 191 Å². The zero-order valence-electron chi connectivity index (χ0n) is 32.9. The van der Waals surface area contributed by atoms with Gasteiger partial charge in [-0.15, -0.1) is 0 Å². The molecule has 0 aliphatic heterocycles. The summed E-state index contributed by atoms with van der Waals surface area (Å²) >= 11 is 0. The van der Waals surface area contributed by atoms with E-state index in [1.807, 2.05) is 0 Å². The first-order valence-electron chi connectivity index (χ1n) is 21.2. The molecule has 0 aromatic rings. The third kappa shape index (κ3) is 38.7. The van der Waals surface area contributed by atoms with Gasteiger partial charge >= 0.3 is 11.9 Å². The van der Waals surface area contributed by atoms with Gasteiger partial charge < -0.3 is 14.6 Å². The lowest BCUT2D eigenvalue weighted by molar-refractivity contribution is -0.161. The second-order valence-electron chi connectivity index (χ2n) is 14.0. The number of carbonyl (C=O) groups is 2. The van der Waals surface area contributed by atoms with Gasteiger partial charge in [0.25, 0.3) is 0 Å². The Bertz CT molecular complexity index is 842. The summed E-state index contributed by atoms with van der Waals surface area (Å²) in [5.74, 6) is -0.613. The Morgan fingerprint density at radius 2 is 0.860 bits per heavy atom. The Balaban J connectivity index is 3.56. The van der Waals surface area contributed by atoms with Crippen LogP contribution < -0.4 is 0 Å².